The summed E-state index contributed by atoms with van der Waals surface area (Å²) in [6.45, 7) is 3.24. The molecule has 3 aliphatic rings. The van der Waals surface area contributed by atoms with Gasteiger partial charge in [0.25, 0.3) is 5.91 Å². The van der Waals surface area contributed by atoms with Crippen molar-refractivity contribution in [1.29, 1.82) is 0 Å². The topological polar surface area (TPSA) is 65.6 Å². The lowest BCUT2D eigenvalue weighted by Crippen LogP contribution is -2.58. The molecule has 1 aromatic carbocycles. The van der Waals surface area contributed by atoms with Crippen LogP contribution in [0.15, 0.2) is 48.8 Å². The molecule has 1 aliphatic carbocycles. The summed E-state index contributed by atoms with van der Waals surface area (Å²) in [4.78, 5) is 32.5. The number of piperidine rings is 1. The second-order valence-electron chi connectivity index (χ2n) is 8.54. The van der Waals surface area contributed by atoms with Crippen molar-refractivity contribution in [2.75, 3.05) is 32.8 Å². The van der Waals surface area contributed by atoms with Gasteiger partial charge in [-0.2, -0.15) is 0 Å². The van der Waals surface area contributed by atoms with Gasteiger partial charge in [0, 0.05) is 44.5 Å². The molecule has 1 spiro atoms. The van der Waals surface area contributed by atoms with E-state index in [2.05, 4.69) is 17.1 Å². The van der Waals surface area contributed by atoms with E-state index in [-0.39, 0.29) is 23.3 Å². The monoisotopic (exact) mass is 393 g/mol. The number of carbonyl (C=O) groups is 2. The molecule has 2 atom stereocenters. The van der Waals surface area contributed by atoms with Crippen LogP contribution in [-0.4, -0.2) is 65.0 Å². The van der Waals surface area contributed by atoms with Crippen molar-refractivity contribution in [2.24, 2.45) is 5.92 Å². The van der Waals surface area contributed by atoms with Gasteiger partial charge in [0.05, 0.1) is 17.8 Å². The number of hydrogen-bond acceptors (Lipinski definition) is 3. The summed E-state index contributed by atoms with van der Waals surface area (Å²) < 4.78 is 6.18. The lowest BCUT2D eigenvalue weighted by Gasteiger charge is -2.47. The standard InChI is InChI=1S/C23H27N3O3/c27-21(18-6-9-24-15-18)25-10-7-23(8-11-25)16-26(12-13-29-23)22(28)20-14-19(20)17-4-2-1-3-5-17/h1-6,9,15,19-20,24H,7-8,10-14,16H2/t19-,20+/m0/s1. The smallest absolute Gasteiger partial charge is 0.255 e. The molecular formula is C23H27N3O3. The van der Waals surface area contributed by atoms with Crippen LogP contribution in [0.3, 0.4) is 0 Å². The van der Waals surface area contributed by atoms with E-state index in [1.807, 2.05) is 34.1 Å². The maximum Gasteiger partial charge on any atom is 0.255 e. The van der Waals surface area contributed by atoms with Gasteiger partial charge in [-0.15, -0.1) is 0 Å². The van der Waals surface area contributed by atoms with Gasteiger partial charge >= 0.3 is 0 Å². The van der Waals surface area contributed by atoms with E-state index >= 15 is 0 Å². The first-order chi connectivity index (χ1) is 14.2. The SMILES string of the molecule is O=C(c1cc[nH]c1)N1CCC2(CC1)CN(C(=O)[C@@H]1C[C@H]1c1ccccc1)CCO2. The molecule has 0 bridgehead atoms. The fourth-order valence-corrected chi connectivity index (χ4v) is 4.86. The normalized spacial score (nSPS) is 25.8. The third-order valence-electron chi connectivity index (χ3n) is 6.70. The molecule has 2 saturated heterocycles. The van der Waals surface area contributed by atoms with E-state index in [1.165, 1.54) is 5.56 Å². The molecule has 0 radical (unpaired) electrons. The largest absolute Gasteiger partial charge is 0.371 e. The minimum absolute atomic E-state index is 0.0634. The maximum atomic E-state index is 13.1. The van der Waals surface area contributed by atoms with E-state index < -0.39 is 0 Å². The third kappa shape index (κ3) is 3.57. The van der Waals surface area contributed by atoms with Crippen LogP contribution in [0.4, 0.5) is 0 Å². The molecule has 0 unspecified atom stereocenters. The Hall–Kier alpha value is -2.60. The van der Waals surface area contributed by atoms with Gasteiger partial charge in [-0.3, -0.25) is 9.59 Å². The zero-order valence-corrected chi connectivity index (χ0v) is 16.5. The Bertz CT molecular complexity index is 872. The number of carbonyl (C=O) groups excluding carboxylic acids is 2. The van der Waals surface area contributed by atoms with Crippen molar-refractivity contribution in [3.63, 3.8) is 0 Å². The highest BCUT2D eigenvalue weighted by atomic mass is 16.5. The predicted molar refractivity (Wildman–Crippen MR) is 108 cm³/mol. The van der Waals surface area contributed by atoms with E-state index in [0.29, 0.717) is 44.3 Å². The van der Waals surface area contributed by atoms with Crippen molar-refractivity contribution >= 4 is 11.8 Å². The highest BCUT2D eigenvalue weighted by molar-refractivity contribution is 5.94. The van der Waals surface area contributed by atoms with Crippen LogP contribution in [0.2, 0.25) is 0 Å². The van der Waals surface area contributed by atoms with Crippen LogP contribution in [0.25, 0.3) is 0 Å². The average molecular weight is 393 g/mol. The van der Waals surface area contributed by atoms with Crippen LogP contribution in [0, 0.1) is 5.92 Å². The Labute approximate surface area is 170 Å². The van der Waals surface area contributed by atoms with E-state index in [9.17, 15) is 9.59 Å². The molecule has 1 saturated carbocycles. The van der Waals surface area contributed by atoms with Gasteiger partial charge in [0.15, 0.2) is 0 Å². The molecule has 5 rings (SSSR count). The fourth-order valence-electron chi connectivity index (χ4n) is 4.86. The number of hydrogen-bond donors (Lipinski definition) is 1. The van der Waals surface area contributed by atoms with Crippen LogP contribution in [0.5, 0.6) is 0 Å². The van der Waals surface area contributed by atoms with Crippen molar-refractivity contribution in [2.45, 2.75) is 30.8 Å². The summed E-state index contributed by atoms with van der Waals surface area (Å²) in [5, 5.41) is 0. The summed E-state index contributed by atoms with van der Waals surface area (Å²) in [7, 11) is 0. The number of benzene rings is 1. The highest BCUT2D eigenvalue weighted by Gasteiger charge is 2.49. The Morgan fingerprint density at radius 3 is 2.55 bits per heavy atom. The molecule has 6 heteroatoms. The molecule has 2 aliphatic heterocycles. The minimum Gasteiger partial charge on any atom is -0.371 e. The van der Waals surface area contributed by atoms with Gasteiger partial charge in [0.1, 0.15) is 0 Å². The quantitative estimate of drug-likeness (QED) is 0.872. The first-order valence-corrected chi connectivity index (χ1v) is 10.5. The van der Waals surface area contributed by atoms with Crippen molar-refractivity contribution in [3.05, 3.63) is 59.9 Å². The van der Waals surface area contributed by atoms with Crippen molar-refractivity contribution < 1.29 is 14.3 Å². The molecule has 6 nitrogen and oxygen atoms in total. The van der Waals surface area contributed by atoms with Crippen molar-refractivity contribution in [1.82, 2.24) is 14.8 Å². The average Bonchev–Trinajstić information content (AvgIpc) is 3.38. The van der Waals surface area contributed by atoms with E-state index in [4.69, 9.17) is 4.74 Å². The maximum absolute atomic E-state index is 13.1. The molecule has 1 N–H and O–H groups in total. The van der Waals surface area contributed by atoms with Crippen LogP contribution >= 0.6 is 0 Å². The summed E-state index contributed by atoms with van der Waals surface area (Å²) in [5.41, 5.74) is 1.66. The number of H-pyrrole nitrogens is 1. The number of nitrogens with zero attached hydrogens (tertiary/aromatic N) is 2. The Kier molecular flexibility index (Phi) is 4.66. The molecule has 1 aromatic heterocycles. The number of aromatic nitrogens is 1. The van der Waals surface area contributed by atoms with Gasteiger partial charge in [-0.05, 0) is 36.8 Å². The first kappa shape index (κ1) is 18.4. The zero-order valence-electron chi connectivity index (χ0n) is 16.5. The van der Waals surface area contributed by atoms with Gasteiger partial charge < -0.3 is 19.5 Å². The summed E-state index contributed by atoms with van der Waals surface area (Å²) in [6.07, 6.45) is 6.02. The molecule has 3 heterocycles. The number of nitrogens with one attached hydrogen (secondary N) is 1. The molecule has 152 valence electrons. The minimum atomic E-state index is -0.306. The van der Waals surface area contributed by atoms with E-state index in [1.54, 1.807) is 12.4 Å². The Balaban J connectivity index is 1.19. The van der Waals surface area contributed by atoms with Gasteiger partial charge in [-0.25, -0.2) is 0 Å². The summed E-state index contributed by atoms with van der Waals surface area (Å²) in [5.74, 6) is 0.812. The van der Waals surface area contributed by atoms with Crippen molar-refractivity contribution in [3.8, 4) is 0 Å². The van der Waals surface area contributed by atoms with Crippen LogP contribution in [0.1, 0.15) is 41.1 Å². The molecule has 2 aromatic rings. The first-order valence-electron chi connectivity index (χ1n) is 10.5. The number of aromatic amines is 1. The van der Waals surface area contributed by atoms with Crippen LogP contribution in [-0.2, 0) is 9.53 Å². The summed E-state index contributed by atoms with van der Waals surface area (Å²) in [6, 6.07) is 12.2. The lowest BCUT2D eigenvalue weighted by molar-refractivity contribution is -0.159. The summed E-state index contributed by atoms with van der Waals surface area (Å²) >= 11 is 0. The predicted octanol–water partition coefficient (Wildman–Crippen LogP) is 2.65. The third-order valence-corrected chi connectivity index (χ3v) is 6.70. The second-order valence-corrected chi connectivity index (χ2v) is 8.54. The number of amides is 2. The molecule has 29 heavy (non-hydrogen) atoms. The number of ether oxygens (including phenoxy) is 1. The Morgan fingerprint density at radius 2 is 1.83 bits per heavy atom. The van der Waals surface area contributed by atoms with Crippen LogP contribution < -0.4 is 0 Å². The molecule has 2 amide bonds. The molecule has 3 fully saturated rings. The number of likely N-dealkylation sites (tertiary alicyclic amines) is 1. The number of rotatable bonds is 3. The highest BCUT2D eigenvalue weighted by Crippen LogP contribution is 2.48. The number of morpholine rings is 1. The molecular weight excluding hydrogens is 366 g/mol. The lowest BCUT2D eigenvalue weighted by atomic mass is 9.89. The van der Waals surface area contributed by atoms with Gasteiger partial charge in [0.2, 0.25) is 5.91 Å². The van der Waals surface area contributed by atoms with Gasteiger partial charge in [-0.1, -0.05) is 30.3 Å². The van der Waals surface area contributed by atoms with E-state index in [0.717, 1.165) is 19.3 Å². The second kappa shape index (κ2) is 7.34. The fraction of sp³-hybridized carbons (Fsp3) is 0.478. The Morgan fingerprint density at radius 1 is 1.03 bits per heavy atom. The zero-order chi connectivity index (χ0) is 19.8.